The molecule has 0 fully saturated rings. The van der Waals surface area contributed by atoms with Gasteiger partial charge in [-0.2, -0.15) is 0 Å². The van der Waals surface area contributed by atoms with Gasteiger partial charge in [0.1, 0.15) is 5.75 Å². The van der Waals surface area contributed by atoms with Crippen LogP contribution in [-0.4, -0.2) is 18.1 Å². The maximum absolute atomic E-state index is 12.1. The summed E-state index contributed by atoms with van der Waals surface area (Å²) in [5, 5.41) is 9.19. The Morgan fingerprint density at radius 1 is 1.33 bits per heavy atom. The Labute approximate surface area is 103 Å². The SMILES string of the molecule is CC(C)(CO)[C@@H](N)c1cccc(OC(F)(F)F)c1. The molecule has 0 bridgehead atoms. The van der Waals surface area contributed by atoms with Gasteiger partial charge in [0.25, 0.3) is 0 Å². The minimum atomic E-state index is -4.73. The molecule has 6 heteroatoms. The molecule has 18 heavy (non-hydrogen) atoms. The Hall–Kier alpha value is -1.27. The van der Waals surface area contributed by atoms with Crippen LogP contribution in [0.1, 0.15) is 25.5 Å². The Kier molecular flexibility index (Phi) is 4.24. The van der Waals surface area contributed by atoms with E-state index in [2.05, 4.69) is 4.74 Å². The molecular formula is C12H16F3NO2. The van der Waals surface area contributed by atoms with Crippen LogP contribution in [0.5, 0.6) is 5.75 Å². The van der Waals surface area contributed by atoms with E-state index in [9.17, 15) is 18.3 Å². The standard InChI is InChI=1S/C12H16F3NO2/c1-11(2,7-17)10(16)8-4-3-5-9(6-8)18-12(13,14)15/h3-6,10,17H,7,16H2,1-2H3/t10-/m0/s1. The first-order chi connectivity index (χ1) is 8.15. The maximum Gasteiger partial charge on any atom is 0.573 e. The van der Waals surface area contributed by atoms with Crippen molar-refractivity contribution in [3.05, 3.63) is 29.8 Å². The lowest BCUT2D eigenvalue weighted by Crippen LogP contribution is -2.32. The van der Waals surface area contributed by atoms with Crippen molar-refractivity contribution in [2.24, 2.45) is 11.1 Å². The van der Waals surface area contributed by atoms with Crippen LogP contribution in [0.25, 0.3) is 0 Å². The maximum atomic E-state index is 12.1. The van der Waals surface area contributed by atoms with E-state index < -0.39 is 17.8 Å². The van der Waals surface area contributed by atoms with Crippen molar-refractivity contribution in [3.8, 4) is 5.75 Å². The van der Waals surface area contributed by atoms with E-state index in [1.165, 1.54) is 18.2 Å². The normalized spacial score (nSPS) is 14.4. The van der Waals surface area contributed by atoms with Crippen molar-refractivity contribution in [1.29, 1.82) is 0 Å². The summed E-state index contributed by atoms with van der Waals surface area (Å²) in [5.41, 5.74) is 5.77. The third-order valence-corrected chi connectivity index (χ3v) is 2.70. The van der Waals surface area contributed by atoms with Crippen molar-refractivity contribution in [3.63, 3.8) is 0 Å². The summed E-state index contributed by atoms with van der Waals surface area (Å²) < 4.78 is 40.1. The number of nitrogens with two attached hydrogens (primary N) is 1. The van der Waals surface area contributed by atoms with Gasteiger partial charge >= 0.3 is 6.36 Å². The molecule has 3 N–H and O–H groups in total. The lowest BCUT2D eigenvalue weighted by atomic mass is 9.82. The van der Waals surface area contributed by atoms with Gasteiger partial charge in [0.15, 0.2) is 0 Å². The molecule has 0 saturated carbocycles. The summed E-state index contributed by atoms with van der Waals surface area (Å²) >= 11 is 0. The van der Waals surface area contributed by atoms with Gasteiger partial charge in [-0.15, -0.1) is 13.2 Å². The van der Waals surface area contributed by atoms with Crippen LogP contribution in [0, 0.1) is 5.41 Å². The molecule has 0 aromatic heterocycles. The van der Waals surface area contributed by atoms with Gasteiger partial charge in [0, 0.05) is 18.1 Å². The van der Waals surface area contributed by atoms with Crippen LogP contribution in [0.15, 0.2) is 24.3 Å². The first-order valence-corrected chi connectivity index (χ1v) is 5.38. The number of hydrogen-bond donors (Lipinski definition) is 2. The predicted molar refractivity (Wildman–Crippen MR) is 60.9 cm³/mol. The van der Waals surface area contributed by atoms with Crippen molar-refractivity contribution < 1.29 is 23.0 Å². The quantitative estimate of drug-likeness (QED) is 0.878. The Balaban J connectivity index is 2.95. The lowest BCUT2D eigenvalue weighted by Gasteiger charge is -2.29. The van der Waals surface area contributed by atoms with Gasteiger partial charge < -0.3 is 15.6 Å². The molecule has 1 atom stereocenters. The van der Waals surface area contributed by atoms with Crippen LogP contribution in [-0.2, 0) is 0 Å². The molecule has 0 radical (unpaired) electrons. The van der Waals surface area contributed by atoms with Crippen molar-refractivity contribution >= 4 is 0 Å². The number of aliphatic hydroxyl groups is 1. The van der Waals surface area contributed by atoms with E-state index in [1.807, 2.05) is 0 Å². The third-order valence-electron chi connectivity index (χ3n) is 2.70. The minimum Gasteiger partial charge on any atom is -0.406 e. The number of halogens is 3. The number of alkyl halides is 3. The summed E-state index contributed by atoms with van der Waals surface area (Å²) in [4.78, 5) is 0. The van der Waals surface area contributed by atoms with Gasteiger partial charge in [-0.1, -0.05) is 26.0 Å². The lowest BCUT2D eigenvalue weighted by molar-refractivity contribution is -0.274. The van der Waals surface area contributed by atoms with Crippen molar-refractivity contribution in [2.75, 3.05) is 6.61 Å². The van der Waals surface area contributed by atoms with Crippen LogP contribution in [0.3, 0.4) is 0 Å². The molecule has 0 heterocycles. The first-order valence-electron chi connectivity index (χ1n) is 5.38. The van der Waals surface area contributed by atoms with Gasteiger partial charge in [-0.3, -0.25) is 0 Å². The molecule has 0 saturated heterocycles. The van der Waals surface area contributed by atoms with Gasteiger partial charge in [-0.05, 0) is 17.7 Å². The fraction of sp³-hybridized carbons (Fsp3) is 0.500. The minimum absolute atomic E-state index is 0.168. The van der Waals surface area contributed by atoms with Crippen molar-refractivity contribution in [2.45, 2.75) is 26.3 Å². The highest BCUT2D eigenvalue weighted by molar-refractivity contribution is 5.31. The number of aliphatic hydroxyl groups excluding tert-OH is 1. The molecule has 102 valence electrons. The second-order valence-corrected chi connectivity index (χ2v) is 4.74. The number of ether oxygens (including phenoxy) is 1. The molecule has 0 aliphatic heterocycles. The van der Waals surface area contributed by atoms with Crippen LogP contribution >= 0.6 is 0 Å². The van der Waals surface area contributed by atoms with Crippen LogP contribution in [0.4, 0.5) is 13.2 Å². The summed E-state index contributed by atoms with van der Waals surface area (Å²) in [6.45, 7) is 3.29. The average Bonchev–Trinajstić information content (AvgIpc) is 2.26. The van der Waals surface area contributed by atoms with Crippen LogP contribution < -0.4 is 10.5 Å². The van der Waals surface area contributed by atoms with E-state index in [-0.39, 0.29) is 12.4 Å². The number of rotatable bonds is 4. The van der Waals surface area contributed by atoms with E-state index >= 15 is 0 Å². The molecule has 0 amide bonds. The zero-order valence-corrected chi connectivity index (χ0v) is 10.2. The Morgan fingerprint density at radius 2 is 1.94 bits per heavy atom. The predicted octanol–water partition coefficient (Wildman–Crippen LogP) is 2.60. The molecule has 0 unspecified atom stereocenters. The third kappa shape index (κ3) is 3.89. The zero-order valence-electron chi connectivity index (χ0n) is 10.2. The van der Waals surface area contributed by atoms with E-state index in [4.69, 9.17) is 5.73 Å². The van der Waals surface area contributed by atoms with E-state index in [0.29, 0.717) is 5.56 Å². The number of benzene rings is 1. The molecule has 1 aromatic carbocycles. The van der Waals surface area contributed by atoms with E-state index in [0.717, 1.165) is 0 Å². The summed E-state index contributed by atoms with van der Waals surface area (Å²) in [6, 6.07) is 4.89. The second kappa shape index (κ2) is 5.16. The fourth-order valence-corrected chi connectivity index (χ4v) is 1.45. The topological polar surface area (TPSA) is 55.5 Å². The van der Waals surface area contributed by atoms with Crippen LogP contribution in [0.2, 0.25) is 0 Å². The molecule has 1 rings (SSSR count). The van der Waals surface area contributed by atoms with Gasteiger partial charge in [0.05, 0.1) is 0 Å². The molecule has 0 aliphatic carbocycles. The highest BCUT2D eigenvalue weighted by Gasteiger charge is 2.32. The molecule has 1 aromatic rings. The number of hydrogen-bond acceptors (Lipinski definition) is 3. The summed E-state index contributed by atoms with van der Waals surface area (Å²) in [7, 11) is 0. The summed E-state index contributed by atoms with van der Waals surface area (Å²) in [6.07, 6.45) is -4.73. The molecule has 0 aliphatic rings. The van der Waals surface area contributed by atoms with Gasteiger partial charge in [-0.25, -0.2) is 0 Å². The molecule has 3 nitrogen and oxygen atoms in total. The smallest absolute Gasteiger partial charge is 0.406 e. The Morgan fingerprint density at radius 3 is 2.44 bits per heavy atom. The second-order valence-electron chi connectivity index (χ2n) is 4.74. The molecule has 0 spiro atoms. The first kappa shape index (κ1) is 14.8. The average molecular weight is 263 g/mol. The highest BCUT2D eigenvalue weighted by atomic mass is 19.4. The Bertz CT molecular complexity index is 405. The monoisotopic (exact) mass is 263 g/mol. The largest absolute Gasteiger partial charge is 0.573 e. The summed E-state index contributed by atoms with van der Waals surface area (Å²) in [5.74, 6) is -0.316. The van der Waals surface area contributed by atoms with Crippen molar-refractivity contribution in [1.82, 2.24) is 0 Å². The fourth-order valence-electron chi connectivity index (χ4n) is 1.45. The van der Waals surface area contributed by atoms with E-state index in [1.54, 1.807) is 19.9 Å². The molecular weight excluding hydrogens is 247 g/mol. The zero-order chi connectivity index (χ0) is 14.0. The van der Waals surface area contributed by atoms with Gasteiger partial charge in [0.2, 0.25) is 0 Å². The highest BCUT2D eigenvalue weighted by Crippen LogP contribution is 2.33.